The molecule has 0 aromatic heterocycles. The molecule has 142 valence electrons. The van der Waals surface area contributed by atoms with Gasteiger partial charge >= 0.3 is 0 Å². The van der Waals surface area contributed by atoms with Crippen molar-refractivity contribution in [2.45, 2.75) is 45.3 Å². The third kappa shape index (κ3) is 4.25. The number of halogens is 1. The van der Waals surface area contributed by atoms with Crippen molar-refractivity contribution in [3.05, 3.63) is 58.9 Å². The van der Waals surface area contributed by atoms with Crippen LogP contribution in [0.15, 0.2) is 41.6 Å². The van der Waals surface area contributed by atoms with E-state index in [1.807, 2.05) is 25.1 Å². The van der Waals surface area contributed by atoms with Crippen molar-refractivity contribution in [2.75, 3.05) is 7.05 Å². The van der Waals surface area contributed by atoms with E-state index in [4.69, 9.17) is 4.84 Å². The standard InChI is InChI=1S/C22H25FN2O2/c1-4-15-5-7-19(14(2)9-15)20-8-6-16(10-21(20)23)22-12-18(27-25-22)11-17(13-26)24-3/h5-10,13,17-18,24H,4,11-12H2,1-3H3. The van der Waals surface area contributed by atoms with Gasteiger partial charge in [0.25, 0.3) is 0 Å². The molecule has 0 amide bonds. The lowest BCUT2D eigenvalue weighted by atomic mass is 9.94. The molecule has 1 aliphatic heterocycles. The number of aldehydes is 1. The van der Waals surface area contributed by atoms with Crippen molar-refractivity contribution in [3.63, 3.8) is 0 Å². The molecule has 0 saturated carbocycles. The van der Waals surface area contributed by atoms with E-state index in [1.54, 1.807) is 13.1 Å². The third-order valence-electron chi connectivity index (χ3n) is 5.08. The van der Waals surface area contributed by atoms with Gasteiger partial charge in [-0.3, -0.25) is 0 Å². The second-order valence-electron chi connectivity index (χ2n) is 6.93. The largest absolute Gasteiger partial charge is 0.392 e. The minimum absolute atomic E-state index is 0.172. The second-order valence-corrected chi connectivity index (χ2v) is 6.93. The molecule has 2 unspecified atom stereocenters. The minimum atomic E-state index is -0.271. The summed E-state index contributed by atoms with van der Waals surface area (Å²) in [5.41, 5.74) is 5.23. The number of hydrogen-bond acceptors (Lipinski definition) is 4. The summed E-state index contributed by atoms with van der Waals surface area (Å²) in [5, 5.41) is 7.02. The number of hydrogen-bond donors (Lipinski definition) is 1. The molecule has 0 radical (unpaired) electrons. The van der Waals surface area contributed by atoms with E-state index in [2.05, 4.69) is 23.5 Å². The molecule has 0 saturated heterocycles. The molecule has 2 aromatic carbocycles. The van der Waals surface area contributed by atoms with Crippen molar-refractivity contribution in [3.8, 4) is 11.1 Å². The molecule has 1 heterocycles. The van der Waals surface area contributed by atoms with Crippen LogP contribution in [-0.2, 0) is 16.1 Å². The zero-order valence-corrected chi connectivity index (χ0v) is 16.0. The van der Waals surface area contributed by atoms with Crippen LogP contribution in [-0.4, -0.2) is 31.2 Å². The van der Waals surface area contributed by atoms with Gasteiger partial charge in [-0.2, -0.15) is 0 Å². The summed E-state index contributed by atoms with van der Waals surface area (Å²) >= 11 is 0. The van der Waals surface area contributed by atoms with E-state index in [-0.39, 0.29) is 18.0 Å². The number of nitrogens with one attached hydrogen (secondary N) is 1. The Balaban J connectivity index is 1.77. The van der Waals surface area contributed by atoms with Gasteiger partial charge in [-0.1, -0.05) is 42.4 Å². The van der Waals surface area contributed by atoms with E-state index >= 15 is 0 Å². The predicted molar refractivity (Wildman–Crippen MR) is 106 cm³/mol. The molecular weight excluding hydrogens is 343 g/mol. The summed E-state index contributed by atoms with van der Waals surface area (Å²) < 4.78 is 14.8. The van der Waals surface area contributed by atoms with Gasteiger partial charge in [-0.25, -0.2) is 4.39 Å². The fraction of sp³-hybridized carbons (Fsp3) is 0.364. The maximum Gasteiger partial charge on any atom is 0.137 e. The van der Waals surface area contributed by atoms with E-state index in [0.29, 0.717) is 29.7 Å². The highest BCUT2D eigenvalue weighted by Gasteiger charge is 2.25. The van der Waals surface area contributed by atoms with E-state index < -0.39 is 0 Å². The zero-order valence-electron chi connectivity index (χ0n) is 16.0. The summed E-state index contributed by atoms with van der Waals surface area (Å²) in [7, 11) is 1.74. The second kappa shape index (κ2) is 8.44. The van der Waals surface area contributed by atoms with Crippen LogP contribution in [0.2, 0.25) is 0 Å². The number of rotatable bonds is 7. The Bertz CT molecular complexity index is 863. The Morgan fingerprint density at radius 2 is 2.07 bits per heavy atom. The number of likely N-dealkylation sites (N-methyl/N-ethyl adjacent to an activating group) is 1. The fourth-order valence-electron chi connectivity index (χ4n) is 3.41. The predicted octanol–water partition coefficient (Wildman–Crippen LogP) is 4.03. The monoisotopic (exact) mass is 368 g/mol. The minimum Gasteiger partial charge on any atom is -0.392 e. The first-order valence-electron chi connectivity index (χ1n) is 9.30. The van der Waals surface area contributed by atoms with Crippen molar-refractivity contribution < 1.29 is 14.0 Å². The Hall–Kier alpha value is -2.53. The molecule has 4 nitrogen and oxygen atoms in total. The van der Waals surface area contributed by atoms with E-state index in [1.165, 1.54) is 11.6 Å². The van der Waals surface area contributed by atoms with E-state index in [9.17, 15) is 9.18 Å². The summed E-state index contributed by atoms with van der Waals surface area (Å²) in [5.74, 6) is -0.271. The Morgan fingerprint density at radius 1 is 1.30 bits per heavy atom. The van der Waals surface area contributed by atoms with Crippen LogP contribution >= 0.6 is 0 Å². The van der Waals surface area contributed by atoms with Crippen LogP contribution < -0.4 is 5.32 Å². The first-order chi connectivity index (χ1) is 13.0. The highest BCUT2D eigenvalue weighted by molar-refractivity contribution is 6.01. The molecule has 5 heteroatoms. The normalized spacial score (nSPS) is 17.3. The molecule has 2 aromatic rings. The van der Waals surface area contributed by atoms with Crippen LogP contribution in [0.3, 0.4) is 0 Å². The van der Waals surface area contributed by atoms with Crippen LogP contribution in [0.25, 0.3) is 11.1 Å². The van der Waals surface area contributed by atoms with Gasteiger partial charge in [0.15, 0.2) is 0 Å². The number of aryl methyl sites for hydroxylation is 2. The van der Waals surface area contributed by atoms with Crippen LogP contribution in [0.4, 0.5) is 4.39 Å². The SMILES string of the molecule is CCc1ccc(-c2ccc(C3=NOC(CC(C=O)NC)C3)cc2F)c(C)c1. The maximum absolute atomic E-state index is 14.8. The van der Waals surface area contributed by atoms with Gasteiger partial charge in [0, 0.05) is 24.0 Å². The van der Waals surface area contributed by atoms with Crippen LogP contribution in [0.1, 0.15) is 36.5 Å². The van der Waals surface area contributed by atoms with Crippen molar-refractivity contribution in [1.29, 1.82) is 0 Å². The van der Waals surface area contributed by atoms with Crippen molar-refractivity contribution in [2.24, 2.45) is 5.16 Å². The highest BCUT2D eigenvalue weighted by Crippen LogP contribution is 2.29. The highest BCUT2D eigenvalue weighted by atomic mass is 19.1. The Labute approximate surface area is 159 Å². The molecule has 1 N–H and O–H groups in total. The lowest BCUT2D eigenvalue weighted by Gasteiger charge is -2.13. The Kier molecular flexibility index (Phi) is 6.01. The summed E-state index contributed by atoms with van der Waals surface area (Å²) in [4.78, 5) is 16.4. The molecule has 2 atom stereocenters. The molecule has 0 fully saturated rings. The van der Waals surface area contributed by atoms with Gasteiger partial charge in [0.1, 0.15) is 18.2 Å². The quantitative estimate of drug-likeness (QED) is 0.751. The summed E-state index contributed by atoms with van der Waals surface area (Å²) in [6, 6.07) is 11.1. The molecule has 0 bridgehead atoms. The summed E-state index contributed by atoms with van der Waals surface area (Å²) in [6.45, 7) is 4.11. The number of oxime groups is 1. The van der Waals surface area contributed by atoms with Gasteiger partial charge in [0.05, 0.1) is 11.8 Å². The lowest BCUT2D eigenvalue weighted by molar-refractivity contribution is -0.110. The van der Waals surface area contributed by atoms with Gasteiger partial charge in [0.2, 0.25) is 0 Å². The summed E-state index contributed by atoms with van der Waals surface area (Å²) in [6.07, 6.45) is 2.75. The number of benzene rings is 2. The molecule has 1 aliphatic rings. The average molecular weight is 368 g/mol. The van der Waals surface area contributed by atoms with Gasteiger partial charge < -0.3 is 14.9 Å². The van der Waals surface area contributed by atoms with E-state index in [0.717, 1.165) is 23.8 Å². The lowest BCUT2D eigenvalue weighted by Crippen LogP contribution is -2.31. The van der Waals surface area contributed by atoms with Gasteiger partial charge in [-0.05, 0) is 43.1 Å². The number of carbonyl (C=O) groups excluding carboxylic acids is 1. The van der Waals surface area contributed by atoms with Crippen molar-refractivity contribution >= 4 is 12.0 Å². The fourth-order valence-corrected chi connectivity index (χ4v) is 3.41. The van der Waals surface area contributed by atoms with Crippen molar-refractivity contribution in [1.82, 2.24) is 5.32 Å². The molecule has 0 aliphatic carbocycles. The Morgan fingerprint density at radius 3 is 2.70 bits per heavy atom. The molecular formula is C22H25FN2O2. The van der Waals surface area contributed by atoms with Gasteiger partial charge in [-0.15, -0.1) is 0 Å². The van der Waals surface area contributed by atoms with Crippen LogP contribution in [0.5, 0.6) is 0 Å². The smallest absolute Gasteiger partial charge is 0.137 e. The number of carbonyl (C=O) groups is 1. The van der Waals surface area contributed by atoms with Crippen LogP contribution in [0, 0.1) is 12.7 Å². The average Bonchev–Trinajstić information content (AvgIpc) is 3.15. The molecule has 0 spiro atoms. The topological polar surface area (TPSA) is 50.7 Å². The number of nitrogens with zero attached hydrogens (tertiary/aromatic N) is 1. The molecule has 3 rings (SSSR count). The first-order valence-corrected chi connectivity index (χ1v) is 9.30. The molecule has 27 heavy (non-hydrogen) atoms. The maximum atomic E-state index is 14.8. The first kappa shape index (κ1) is 19.2. The third-order valence-corrected chi connectivity index (χ3v) is 5.08. The zero-order chi connectivity index (χ0) is 19.4.